The first kappa shape index (κ1) is 16.5. The third-order valence-corrected chi connectivity index (χ3v) is 3.47. The van der Waals surface area contributed by atoms with Crippen LogP contribution in [0.15, 0.2) is 6.07 Å². The molecule has 1 aromatic rings. The Morgan fingerprint density at radius 3 is 2.82 bits per heavy atom. The first-order valence-corrected chi connectivity index (χ1v) is 7.86. The van der Waals surface area contributed by atoms with Gasteiger partial charge in [-0.3, -0.25) is 0 Å². The van der Waals surface area contributed by atoms with Crippen LogP contribution in [0.4, 0.5) is 10.6 Å². The Hall–Kier alpha value is -1.85. The summed E-state index contributed by atoms with van der Waals surface area (Å²) in [5.74, 6) is 1.73. The first-order chi connectivity index (χ1) is 10.3. The molecule has 0 spiro atoms. The van der Waals surface area contributed by atoms with E-state index in [1.165, 1.54) is 0 Å². The van der Waals surface area contributed by atoms with E-state index in [1.807, 2.05) is 33.8 Å². The SMILES string of the molecule is CCc1cc(N2CC[C@@H](NC(=O)OC(C)(C)C)C2)nc(C)n1. The van der Waals surface area contributed by atoms with E-state index in [9.17, 15) is 4.79 Å². The second-order valence-electron chi connectivity index (χ2n) is 6.70. The normalized spacial score (nSPS) is 18.4. The number of aromatic nitrogens is 2. The molecule has 1 N–H and O–H groups in total. The molecule has 1 atom stereocenters. The van der Waals surface area contributed by atoms with Gasteiger partial charge in [0, 0.05) is 24.8 Å². The summed E-state index contributed by atoms with van der Waals surface area (Å²) >= 11 is 0. The van der Waals surface area contributed by atoms with Crippen molar-refractivity contribution >= 4 is 11.9 Å². The van der Waals surface area contributed by atoms with Gasteiger partial charge in [-0.05, 0) is 40.5 Å². The number of aryl methyl sites for hydroxylation is 2. The highest BCUT2D eigenvalue weighted by molar-refractivity contribution is 5.68. The molecule has 6 nitrogen and oxygen atoms in total. The third-order valence-electron chi connectivity index (χ3n) is 3.47. The number of nitrogens with one attached hydrogen (secondary N) is 1. The molecule has 1 saturated heterocycles. The highest BCUT2D eigenvalue weighted by Crippen LogP contribution is 2.20. The van der Waals surface area contributed by atoms with Gasteiger partial charge in [-0.2, -0.15) is 0 Å². The van der Waals surface area contributed by atoms with Gasteiger partial charge in [0.15, 0.2) is 0 Å². The molecule has 0 aromatic carbocycles. The van der Waals surface area contributed by atoms with E-state index in [4.69, 9.17) is 4.74 Å². The van der Waals surface area contributed by atoms with Gasteiger partial charge < -0.3 is 15.0 Å². The Morgan fingerprint density at radius 1 is 1.45 bits per heavy atom. The van der Waals surface area contributed by atoms with Crippen molar-refractivity contribution in [2.24, 2.45) is 0 Å². The molecule has 0 saturated carbocycles. The van der Waals surface area contributed by atoms with Gasteiger partial charge in [-0.1, -0.05) is 6.92 Å². The van der Waals surface area contributed by atoms with Gasteiger partial charge in [0.05, 0.1) is 6.04 Å². The van der Waals surface area contributed by atoms with Crippen molar-refractivity contribution < 1.29 is 9.53 Å². The number of carbonyl (C=O) groups is 1. The van der Waals surface area contributed by atoms with E-state index < -0.39 is 5.60 Å². The van der Waals surface area contributed by atoms with Crippen molar-refractivity contribution in [3.05, 3.63) is 17.6 Å². The zero-order chi connectivity index (χ0) is 16.3. The lowest BCUT2D eigenvalue weighted by Gasteiger charge is -2.22. The van der Waals surface area contributed by atoms with E-state index in [-0.39, 0.29) is 12.1 Å². The summed E-state index contributed by atoms with van der Waals surface area (Å²) in [5, 5.41) is 2.93. The van der Waals surface area contributed by atoms with Crippen LogP contribution in [0.5, 0.6) is 0 Å². The Labute approximate surface area is 132 Å². The van der Waals surface area contributed by atoms with Crippen LogP contribution in [-0.2, 0) is 11.2 Å². The maximum absolute atomic E-state index is 11.8. The molecule has 2 heterocycles. The van der Waals surface area contributed by atoms with Crippen LogP contribution in [0.1, 0.15) is 45.6 Å². The first-order valence-electron chi connectivity index (χ1n) is 7.86. The third kappa shape index (κ3) is 4.58. The van der Waals surface area contributed by atoms with Crippen molar-refractivity contribution in [2.75, 3.05) is 18.0 Å². The summed E-state index contributed by atoms with van der Waals surface area (Å²) in [7, 11) is 0. The molecule has 1 aromatic heterocycles. The van der Waals surface area contributed by atoms with E-state index in [1.54, 1.807) is 0 Å². The maximum Gasteiger partial charge on any atom is 0.407 e. The largest absolute Gasteiger partial charge is 0.444 e. The number of alkyl carbamates (subject to hydrolysis) is 1. The molecule has 0 aliphatic carbocycles. The number of hydrogen-bond donors (Lipinski definition) is 1. The molecule has 1 amide bonds. The van der Waals surface area contributed by atoms with Gasteiger partial charge in [0.1, 0.15) is 17.2 Å². The molecule has 22 heavy (non-hydrogen) atoms. The molecule has 0 unspecified atom stereocenters. The van der Waals surface area contributed by atoms with Crippen LogP contribution in [0.3, 0.4) is 0 Å². The average molecular weight is 306 g/mol. The zero-order valence-electron chi connectivity index (χ0n) is 14.1. The minimum Gasteiger partial charge on any atom is -0.444 e. The Balaban J connectivity index is 1.95. The fourth-order valence-corrected chi connectivity index (χ4v) is 2.52. The quantitative estimate of drug-likeness (QED) is 0.929. The van der Waals surface area contributed by atoms with Crippen LogP contribution >= 0.6 is 0 Å². The maximum atomic E-state index is 11.8. The summed E-state index contributed by atoms with van der Waals surface area (Å²) < 4.78 is 5.30. The summed E-state index contributed by atoms with van der Waals surface area (Å²) in [6.07, 6.45) is 1.43. The second-order valence-corrected chi connectivity index (χ2v) is 6.70. The lowest BCUT2D eigenvalue weighted by Crippen LogP contribution is -2.40. The molecule has 1 aliphatic rings. The van der Waals surface area contributed by atoms with Crippen LogP contribution < -0.4 is 10.2 Å². The number of carbonyl (C=O) groups excluding carboxylic acids is 1. The monoisotopic (exact) mass is 306 g/mol. The van der Waals surface area contributed by atoms with Crippen molar-refractivity contribution in [3.8, 4) is 0 Å². The summed E-state index contributed by atoms with van der Waals surface area (Å²) in [6.45, 7) is 11.2. The van der Waals surface area contributed by atoms with Crippen LogP contribution in [0, 0.1) is 6.92 Å². The van der Waals surface area contributed by atoms with E-state index >= 15 is 0 Å². The Bertz CT molecular complexity index is 539. The number of amides is 1. The van der Waals surface area contributed by atoms with Crippen molar-refractivity contribution in [2.45, 2.75) is 59.1 Å². The topological polar surface area (TPSA) is 67.4 Å². The fraction of sp³-hybridized carbons (Fsp3) is 0.688. The molecule has 0 bridgehead atoms. The molecule has 2 rings (SSSR count). The number of ether oxygens (including phenoxy) is 1. The van der Waals surface area contributed by atoms with Crippen molar-refractivity contribution in [3.63, 3.8) is 0 Å². The minimum absolute atomic E-state index is 0.0928. The predicted molar refractivity (Wildman–Crippen MR) is 86.1 cm³/mol. The van der Waals surface area contributed by atoms with Crippen LogP contribution in [0.2, 0.25) is 0 Å². The predicted octanol–water partition coefficient (Wildman–Crippen LogP) is 2.45. The highest BCUT2D eigenvalue weighted by Gasteiger charge is 2.27. The number of anilines is 1. The van der Waals surface area contributed by atoms with Gasteiger partial charge in [-0.25, -0.2) is 14.8 Å². The van der Waals surface area contributed by atoms with E-state index in [0.717, 1.165) is 43.3 Å². The van der Waals surface area contributed by atoms with Gasteiger partial charge >= 0.3 is 6.09 Å². The van der Waals surface area contributed by atoms with Crippen LogP contribution in [-0.4, -0.2) is 40.8 Å². The standard InChI is InChI=1S/C16H26N4O2/c1-6-12-9-14(18-11(2)17-12)20-8-7-13(10-20)19-15(21)22-16(3,4)5/h9,13H,6-8,10H2,1-5H3,(H,19,21)/t13-/m1/s1. The molecule has 6 heteroatoms. The summed E-state index contributed by atoms with van der Waals surface area (Å²) in [4.78, 5) is 22.9. The lowest BCUT2D eigenvalue weighted by atomic mass is 10.2. The Morgan fingerprint density at radius 2 is 2.18 bits per heavy atom. The number of nitrogens with zero attached hydrogens (tertiary/aromatic N) is 3. The second kappa shape index (κ2) is 6.50. The smallest absolute Gasteiger partial charge is 0.407 e. The summed E-state index contributed by atoms with van der Waals surface area (Å²) in [5.41, 5.74) is 0.577. The molecule has 1 fully saturated rings. The molecule has 122 valence electrons. The van der Waals surface area contributed by atoms with E-state index in [0.29, 0.717) is 0 Å². The zero-order valence-corrected chi connectivity index (χ0v) is 14.1. The van der Waals surface area contributed by atoms with Crippen molar-refractivity contribution in [1.29, 1.82) is 0 Å². The molecule has 1 aliphatic heterocycles. The average Bonchev–Trinajstić information content (AvgIpc) is 2.84. The van der Waals surface area contributed by atoms with Gasteiger partial charge in [0.25, 0.3) is 0 Å². The highest BCUT2D eigenvalue weighted by atomic mass is 16.6. The van der Waals surface area contributed by atoms with Gasteiger partial charge in [0.2, 0.25) is 0 Å². The summed E-state index contributed by atoms with van der Waals surface area (Å²) in [6, 6.07) is 2.12. The van der Waals surface area contributed by atoms with Crippen LogP contribution in [0.25, 0.3) is 0 Å². The van der Waals surface area contributed by atoms with E-state index in [2.05, 4.69) is 27.1 Å². The minimum atomic E-state index is -0.470. The number of rotatable bonds is 3. The molecular weight excluding hydrogens is 280 g/mol. The van der Waals surface area contributed by atoms with Gasteiger partial charge in [-0.15, -0.1) is 0 Å². The lowest BCUT2D eigenvalue weighted by molar-refractivity contribution is 0.0509. The Kier molecular flexibility index (Phi) is 4.88. The van der Waals surface area contributed by atoms with Crippen molar-refractivity contribution in [1.82, 2.24) is 15.3 Å². The number of hydrogen-bond acceptors (Lipinski definition) is 5. The molecule has 0 radical (unpaired) electrons. The fourth-order valence-electron chi connectivity index (χ4n) is 2.52. The molecular formula is C16H26N4O2.